The molecular formula is C26H31BrO2Si. The van der Waals surface area contributed by atoms with Gasteiger partial charge >= 0.3 is 0 Å². The van der Waals surface area contributed by atoms with E-state index in [9.17, 15) is 0 Å². The van der Waals surface area contributed by atoms with Crippen LogP contribution >= 0.6 is 15.9 Å². The molecule has 0 N–H and O–H groups in total. The molecule has 0 spiro atoms. The van der Waals surface area contributed by atoms with Gasteiger partial charge in [0, 0.05) is 17.0 Å². The Morgan fingerprint density at radius 2 is 1.27 bits per heavy atom. The van der Waals surface area contributed by atoms with Crippen LogP contribution in [0.4, 0.5) is 0 Å². The molecule has 0 aliphatic carbocycles. The van der Waals surface area contributed by atoms with Crippen LogP contribution in [0, 0.1) is 5.92 Å². The van der Waals surface area contributed by atoms with Gasteiger partial charge in [0.25, 0.3) is 8.32 Å². The molecule has 0 saturated carbocycles. The van der Waals surface area contributed by atoms with E-state index in [1.165, 1.54) is 10.4 Å². The maximum Gasteiger partial charge on any atom is 0.261 e. The van der Waals surface area contributed by atoms with Crippen molar-refractivity contribution in [2.45, 2.75) is 32.7 Å². The molecular weight excluding hydrogens is 452 g/mol. The van der Waals surface area contributed by atoms with E-state index in [0.29, 0.717) is 13.2 Å². The molecule has 0 radical (unpaired) electrons. The fraction of sp³-hybridized carbons (Fsp3) is 0.308. The molecule has 30 heavy (non-hydrogen) atoms. The Hall–Kier alpha value is -1.88. The maximum absolute atomic E-state index is 6.99. The van der Waals surface area contributed by atoms with E-state index in [0.717, 1.165) is 10.2 Å². The number of hydrogen-bond donors (Lipinski definition) is 0. The Morgan fingerprint density at radius 3 is 1.73 bits per heavy atom. The van der Waals surface area contributed by atoms with E-state index < -0.39 is 8.32 Å². The van der Waals surface area contributed by atoms with Crippen molar-refractivity contribution in [3.05, 3.63) is 89.4 Å². The van der Waals surface area contributed by atoms with Gasteiger partial charge in [-0.25, -0.2) is 0 Å². The van der Waals surface area contributed by atoms with Gasteiger partial charge in [0.2, 0.25) is 0 Å². The molecule has 1 atom stereocenters. The van der Waals surface area contributed by atoms with Gasteiger partial charge < -0.3 is 9.16 Å². The Bertz CT molecular complexity index is 866. The zero-order chi connectivity index (χ0) is 21.6. The largest absolute Gasteiger partial charge is 0.493 e. The summed E-state index contributed by atoms with van der Waals surface area (Å²) < 4.78 is 14.0. The third-order valence-electron chi connectivity index (χ3n) is 5.35. The van der Waals surface area contributed by atoms with Crippen LogP contribution in [-0.4, -0.2) is 21.5 Å². The van der Waals surface area contributed by atoms with E-state index >= 15 is 0 Å². The van der Waals surface area contributed by atoms with E-state index in [-0.39, 0.29) is 11.0 Å². The average molecular weight is 484 g/mol. The first-order valence-corrected chi connectivity index (χ1v) is 13.2. The van der Waals surface area contributed by atoms with Gasteiger partial charge in [-0.3, -0.25) is 0 Å². The molecule has 158 valence electrons. The van der Waals surface area contributed by atoms with Gasteiger partial charge in [0.05, 0.1) is 6.61 Å². The molecule has 0 aromatic heterocycles. The highest BCUT2D eigenvalue weighted by Gasteiger charge is 2.50. The molecule has 0 unspecified atom stereocenters. The molecule has 0 fully saturated rings. The van der Waals surface area contributed by atoms with Crippen molar-refractivity contribution < 1.29 is 9.16 Å². The second-order valence-electron chi connectivity index (χ2n) is 8.84. The van der Waals surface area contributed by atoms with Crippen LogP contribution < -0.4 is 15.1 Å². The Kier molecular flexibility index (Phi) is 7.56. The summed E-state index contributed by atoms with van der Waals surface area (Å²) in [5.41, 5.74) is 0. The summed E-state index contributed by atoms with van der Waals surface area (Å²) in [6.45, 7) is 10.4. The van der Waals surface area contributed by atoms with Crippen LogP contribution in [0.2, 0.25) is 5.04 Å². The standard InChI is InChI=1S/C26H31BrO2Si/c1-21(19-28-23-17-15-22(27)16-18-23)20-29-30(26(2,3)4,24-11-7-5-8-12-24)25-13-9-6-10-14-25/h5-18,21H,19-20H2,1-4H3/t21-/m0/s1. The molecule has 4 heteroatoms. The molecule has 0 aliphatic rings. The predicted octanol–water partition coefficient (Wildman–Crippen LogP) is 6.04. The predicted molar refractivity (Wildman–Crippen MR) is 132 cm³/mol. The molecule has 0 bridgehead atoms. The zero-order valence-electron chi connectivity index (χ0n) is 18.3. The normalized spacial score (nSPS) is 13.1. The van der Waals surface area contributed by atoms with Crippen LogP contribution in [0.3, 0.4) is 0 Å². The quantitative estimate of drug-likeness (QED) is 0.364. The molecule has 3 aromatic carbocycles. The van der Waals surface area contributed by atoms with Gasteiger partial charge in [-0.15, -0.1) is 0 Å². The number of benzene rings is 3. The minimum Gasteiger partial charge on any atom is -0.493 e. The van der Waals surface area contributed by atoms with E-state index in [1.807, 2.05) is 24.3 Å². The number of halogens is 1. The van der Waals surface area contributed by atoms with E-state index in [1.54, 1.807) is 0 Å². The van der Waals surface area contributed by atoms with Crippen LogP contribution in [0.5, 0.6) is 5.75 Å². The fourth-order valence-electron chi connectivity index (χ4n) is 3.85. The van der Waals surface area contributed by atoms with Crippen molar-refractivity contribution in [1.29, 1.82) is 0 Å². The highest BCUT2D eigenvalue weighted by atomic mass is 79.9. The Morgan fingerprint density at radius 1 is 0.767 bits per heavy atom. The molecule has 3 rings (SSSR count). The highest BCUT2D eigenvalue weighted by Crippen LogP contribution is 2.37. The third kappa shape index (κ3) is 5.23. The lowest BCUT2D eigenvalue weighted by Crippen LogP contribution is -2.66. The molecule has 0 heterocycles. The zero-order valence-corrected chi connectivity index (χ0v) is 20.9. The van der Waals surface area contributed by atoms with Gasteiger partial charge in [-0.1, -0.05) is 104 Å². The average Bonchev–Trinajstić information content (AvgIpc) is 2.74. The summed E-state index contributed by atoms with van der Waals surface area (Å²) in [7, 11) is -2.49. The van der Waals surface area contributed by atoms with Crippen LogP contribution in [-0.2, 0) is 4.43 Å². The first-order valence-electron chi connectivity index (χ1n) is 10.5. The number of hydrogen-bond acceptors (Lipinski definition) is 2. The highest BCUT2D eigenvalue weighted by molar-refractivity contribution is 9.10. The van der Waals surface area contributed by atoms with Crippen molar-refractivity contribution in [1.82, 2.24) is 0 Å². The molecule has 0 saturated heterocycles. The first kappa shape index (κ1) is 22.8. The minimum absolute atomic E-state index is 0.0119. The maximum atomic E-state index is 6.99. The van der Waals surface area contributed by atoms with Gasteiger partial charge in [-0.05, 0) is 39.7 Å². The summed E-state index contributed by atoms with van der Waals surface area (Å²) in [5.74, 6) is 1.16. The van der Waals surface area contributed by atoms with Crippen LogP contribution in [0.1, 0.15) is 27.7 Å². The van der Waals surface area contributed by atoms with Gasteiger partial charge in [0.1, 0.15) is 5.75 Å². The van der Waals surface area contributed by atoms with E-state index in [2.05, 4.69) is 104 Å². The van der Waals surface area contributed by atoms with Crippen LogP contribution in [0.25, 0.3) is 0 Å². The molecule has 2 nitrogen and oxygen atoms in total. The summed E-state index contributed by atoms with van der Waals surface area (Å²) >= 11 is 3.46. The minimum atomic E-state index is -2.49. The number of ether oxygens (including phenoxy) is 1. The lowest BCUT2D eigenvalue weighted by molar-refractivity contribution is 0.181. The fourth-order valence-corrected chi connectivity index (χ4v) is 8.80. The van der Waals surface area contributed by atoms with Gasteiger partial charge in [0.15, 0.2) is 0 Å². The second kappa shape index (κ2) is 9.95. The SMILES string of the molecule is C[C@@H](COc1ccc(Br)cc1)CO[Si](c1ccccc1)(c1ccccc1)C(C)(C)C. The van der Waals surface area contributed by atoms with Crippen molar-refractivity contribution in [2.75, 3.05) is 13.2 Å². The third-order valence-corrected chi connectivity index (χ3v) is 10.9. The van der Waals surface area contributed by atoms with Crippen molar-refractivity contribution in [3.63, 3.8) is 0 Å². The second-order valence-corrected chi connectivity index (χ2v) is 14.1. The summed E-state index contributed by atoms with van der Waals surface area (Å²) in [5, 5.41) is 2.61. The van der Waals surface area contributed by atoms with Gasteiger partial charge in [-0.2, -0.15) is 0 Å². The smallest absolute Gasteiger partial charge is 0.261 e. The molecule has 0 amide bonds. The molecule has 3 aromatic rings. The Labute approximate surface area is 190 Å². The van der Waals surface area contributed by atoms with E-state index in [4.69, 9.17) is 9.16 Å². The van der Waals surface area contributed by atoms with Crippen LogP contribution in [0.15, 0.2) is 89.4 Å². The summed E-state index contributed by atoms with van der Waals surface area (Å²) in [4.78, 5) is 0. The molecule has 0 aliphatic heterocycles. The topological polar surface area (TPSA) is 18.5 Å². The first-order chi connectivity index (χ1) is 14.3. The summed E-state index contributed by atoms with van der Waals surface area (Å²) in [6.07, 6.45) is 0. The van der Waals surface area contributed by atoms with Crippen molar-refractivity contribution >= 4 is 34.6 Å². The lowest BCUT2D eigenvalue weighted by Gasteiger charge is -2.43. The summed E-state index contributed by atoms with van der Waals surface area (Å²) in [6, 6.07) is 29.5. The van der Waals surface area contributed by atoms with Crippen molar-refractivity contribution in [2.24, 2.45) is 5.92 Å². The monoisotopic (exact) mass is 482 g/mol. The number of rotatable bonds is 8. The Balaban J connectivity index is 1.83. The van der Waals surface area contributed by atoms with Crippen molar-refractivity contribution in [3.8, 4) is 5.75 Å². The lowest BCUT2D eigenvalue weighted by atomic mass is 10.2.